The van der Waals surface area contributed by atoms with E-state index in [1.54, 1.807) is 12.4 Å². The minimum Gasteiger partial charge on any atom is -0.447 e. The van der Waals surface area contributed by atoms with E-state index in [0.717, 1.165) is 11.3 Å². The molecule has 1 atom stereocenters. The number of pyridine rings is 2. The summed E-state index contributed by atoms with van der Waals surface area (Å²) in [4.78, 5) is 19.4. The number of hydrogen-bond donors (Lipinski definition) is 1. The summed E-state index contributed by atoms with van der Waals surface area (Å²) in [5.41, 5.74) is 2.22. The van der Waals surface area contributed by atoms with Gasteiger partial charge in [0.1, 0.15) is 18.3 Å². The number of carbonyl (C=O) groups excluding carboxylic acids is 1. The number of nitrogens with one attached hydrogen (secondary N) is 1. The predicted molar refractivity (Wildman–Crippen MR) is 98.1 cm³/mol. The molecular weight excluding hydrogens is 326 g/mol. The van der Waals surface area contributed by atoms with E-state index in [0.29, 0.717) is 12.3 Å². The molecule has 3 heterocycles. The van der Waals surface area contributed by atoms with Gasteiger partial charge in [-0.2, -0.15) is 0 Å². The Morgan fingerprint density at radius 1 is 0.962 bits per heavy atom. The highest BCUT2D eigenvalue weighted by atomic mass is 16.6. The van der Waals surface area contributed by atoms with E-state index in [9.17, 15) is 4.79 Å². The third-order valence-electron chi connectivity index (χ3n) is 3.46. The van der Waals surface area contributed by atoms with Crippen molar-refractivity contribution in [3.63, 3.8) is 0 Å². The fourth-order valence-corrected chi connectivity index (χ4v) is 2.22. The summed E-state index contributed by atoms with van der Waals surface area (Å²) in [6, 6.07) is 21.0. The van der Waals surface area contributed by atoms with Gasteiger partial charge in [0.15, 0.2) is 0 Å². The lowest BCUT2D eigenvalue weighted by atomic mass is 10.2. The first-order valence-electron chi connectivity index (χ1n) is 8.13. The van der Waals surface area contributed by atoms with Crippen molar-refractivity contribution in [3.8, 4) is 11.8 Å². The molecule has 0 bridgehead atoms. The highest BCUT2D eigenvalue weighted by Gasteiger charge is 2.24. The summed E-state index contributed by atoms with van der Waals surface area (Å²) >= 11 is 0. The van der Waals surface area contributed by atoms with Gasteiger partial charge < -0.3 is 10.1 Å². The van der Waals surface area contributed by atoms with E-state index in [-0.39, 0.29) is 6.04 Å². The zero-order valence-corrected chi connectivity index (χ0v) is 14.0. The molecule has 1 N–H and O–H groups in total. The Morgan fingerprint density at radius 2 is 1.73 bits per heavy atom. The van der Waals surface area contributed by atoms with Crippen LogP contribution in [0.4, 0.5) is 4.79 Å². The molecule has 2 aromatic heterocycles. The van der Waals surface area contributed by atoms with Crippen LogP contribution in [0.5, 0.6) is 0 Å². The number of benzene rings is 1. The first-order chi connectivity index (χ1) is 12.8. The zero-order valence-electron chi connectivity index (χ0n) is 14.0. The van der Waals surface area contributed by atoms with Crippen molar-refractivity contribution in [1.29, 1.82) is 0 Å². The largest absolute Gasteiger partial charge is 0.447 e. The van der Waals surface area contributed by atoms with Crippen LogP contribution in [0.1, 0.15) is 23.0 Å². The van der Waals surface area contributed by atoms with Gasteiger partial charge in [0, 0.05) is 18.0 Å². The third kappa shape index (κ3) is 5.18. The second-order valence-electron chi connectivity index (χ2n) is 5.39. The van der Waals surface area contributed by atoms with Crippen molar-refractivity contribution in [2.75, 3.05) is 6.61 Å². The number of alkyl carbamates (subject to hydrolysis) is 1. The number of hydrogen-bond acceptors (Lipinski definition) is 4. The lowest BCUT2D eigenvalue weighted by molar-refractivity contribution is 0.177. The fourth-order valence-electron chi connectivity index (χ4n) is 2.22. The Bertz CT molecular complexity index is 876. The molecular formula is C21H17N3O2. The maximum Gasteiger partial charge on any atom is 0.407 e. The first-order valence-corrected chi connectivity index (χ1v) is 8.13. The molecule has 1 aromatic carbocycles. The van der Waals surface area contributed by atoms with E-state index in [4.69, 9.17) is 4.74 Å². The standard InChI is InChI=1S/C15H11N3O2.C6H6/c19-15-18-14(10-20-15)13-5-1-4-12(17-13)7-6-11-3-2-8-16-9-11;1-2-4-6-5-3-1/h1-5,8-9,14H,10H2,(H,18,19);1-6H/t14-;/m0./s1. The van der Waals surface area contributed by atoms with Crippen molar-refractivity contribution in [2.45, 2.75) is 6.04 Å². The zero-order chi connectivity index (χ0) is 18.0. The molecule has 5 heteroatoms. The maximum atomic E-state index is 11.0. The van der Waals surface area contributed by atoms with Crippen molar-refractivity contribution in [3.05, 3.63) is 96.1 Å². The van der Waals surface area contributed by atoms with Crippen LogP contribution in [0.25, 0.3) is 0 Å². The summed E-state index contributed by atoms with van der Waals surface area (Å²) < 4.78 is 4.85. The van der Waals surface area contributed by atoms with Gasteiger partial charge in [0.25, 0.3) is 0 Å². The number of nitrogens with zero attached hydrogens (tertiary/aromatic N) is 2. The third-order valence-corrected chi connectivity index (χ3v) is 3.46. The van der Waals surface area contributed by atoms with Crippen LogP contribution in [-0.2, 0) is 4.74 Å². The number of cyclic esters (lactones) is 1. The van der Waals surface area contributed by atoms with Gasteiger partial charge in [0.2, 0.25) is 0 Å². The monoisotopic (exact) mass is 343 g/mol. The van der Waals surface area contributed by atoms with Gasteiger partial charge in [-0.15, -0.1) is 0 Å². The smallest absolute Gasteiger partial charge is 0.407 e. The molecule has 0 saturated carbocycles. The second-order valence-corrected chi connectivity index (χ2v) is 5.39. The van der Waals surface area contributed by atoms with Gasteiger partial charge in [-0.25, -0.2) is 9.78 Å². The number of aromatic nitrogens is 2. The van der Waals surface area contributed by atoms with Crippen LogP contribution in [0.2, 0.25) is 0 Å². The average molecular weight is 343 g/mol. The summed E-state index contributed by atoms with van der Waals surface area (Å²) in [6.45, 7) is 0.297. The van der Waals surface area contributed by atoms with Crippen LogP contribution >= 0.6 is 0 Å². The highest BCUT2D eigenvalue weighted by molar-refractivity contribution is 5.69. The lowest BCUT2D eigenvalue weighted by Crippen LogP contribution is -2.19. The molecule has 1 fully saturated rings. The number of carbonyl (C=O) groups is 1. The molecule has 0 unspecified atom stereocenters. The number of ether oxygens (including phenoxy) is 1. The van der Waals surface area contributed by atoms with Crippen molar-refractivity contribution in [2.24, 2.45) is 0 Å². The quantitative estimate of drug-likeness (QED) is 0.688. The van der Waals surface area contributed by atoms with E-state index >= 15 is 0 Å². The van der Waals surface area contributed by atoms with Gasteiger partial charge in [0.05, 0.1) is 5.69 Å². The molecule has 1 saturated heterocycles. The molecule has 0 spiro atoms. The van der Waals surface area contributed by atoms with E-state index in [2.05, 4.69) is 27.1 Å². The molecule has 26 heavy (non-hydrogen) atoms. The van der Waals surface area contributed by atoms with Crippen LogP contribution in [0.15, 0.2) is 79.1 Å². The second kappa shape index (κ2) is 9.00. The Hall–Kier alpha value is -3.65. The summed E-state index contributed by atoms with van der Waals surface area (Å²) in [6.07, 6.45) is 2.98. The molecule has 3 aromatic rings. The topological polar surface area (TPSA) is 64.1 Å². The van der Waals surface area contributed by atoms with Crippen LogP contribution < -0.4 is 5.32 Å². The number of amides is 1. The Morgan fingerprint density at radius 3 is 2.35 bits per heavy atom. The molecule has 0 aliphatic carbocycles. The van der Waals surface area contributed by atoms with Crippen molar-refractivity contribution >= 4 is 6.09 Å². The fraction of sp³-hybridized carbons (Fsp3) is 0.0952. The van der Waals surface area contributed by atoms with Gasteiger partial charge in [-0.3, -0.25) is 4.98 Å². The van der Waals surface area contributed by atoms with E-state index in [1.807, 2.05) is 66.7 Å². The van der Waals surface area contributed by atoms with Crippen molar-refractivity contribution < 1.29 is 9.53 Å². The number of rotatable bonds is 1. The summed E-state index contributed by atoms with van der Waals surface area (Å²) in [7, 11) is 0. The SMILES string of the molecule is O=C1N[C@H](c2cccc(C#Cc3cccnc3)n2)CO1.c1ccccc1. The van der Waals surface area contributed by atoms with Gasteiger partial charge in [-0.05, 0) is 30.2 Å². The Kier molecular flexibility index (Phi) is 5.95. The van der Waals surface area contributed by atoms with Crippen LogP contribution in [-0.4, -0.2) is 22.7 Å². The summed E-state index contributed by atoms with van der Waals surface area (Å²) in [5, 5.41) is 2.69. The Labute approximate surface area is 152 Å². The van der Waals surface area contributed by atoms with E-state index < -0.39 is 6.09 Å². The average Bonchev–Trinajstić information content (AvgIpc) is 3.16. The van der Waals surface area contributed by atoms with Crippen LogP contribution in [0.3, 0.4) is 0 Å². The minimum absolute atomic E-state index is 0.206. The van der Waals surface area contributed by atoms with Gasteiger partial charge >= 0.3 is 6.09 Å². The molecule has 1 amide bonds. The Balaban J connectivity index is 0.000000278. The molecule has 0 radical (unpaired) electrons. The molecule has 1 aliphatic rings. The maximum absolute atomic E-state index is 11.0. The summed E-state index contributed by atoms with van der Waals surface area (Å²) in [5.74, 6) is 5.98. The minimum atomic E-state index is -0.413. The molecule has 1 aliphatic heterocycles. The van der Waals surface area contributed by atoms with Crippen molar-refractivity contribution in [1.82, 2.24) is 15.3 Å². The molecule has 5 nitrogen and oxygen atoms in total. The molecule has 128 valence electrons. The lowest BCUT2D eigenvalue weighted by Gasteiger charge is -2.06. The highest BCUT2D eigenvalue weighted by Crippen LogP contribution is 2.15. The normalized spacial score (nSPS) is 14.8. The van der Waals surface area contributed by atoms with Gasteiger partial charge in [-0.1, -0.05) is 48.4 Å². The molecule has 4 rings (SSSR count). The predicted octanol–water partition coefficient (Wildman–Crippen LogP) is 3.34. The first kappa shape index (κ1) is 17.2. The van der Waals surface area contributed by atoms with E-state index in [1.165, 1.54) is 0 Å². The van der Waals surface area contributed by atoms with Crippen LogP contribution in [0, 0.1) is 11.8 Å².